The molecule has 2 atom stereocenters. The number of aryl methyl sites for hydroxylation is 2. The second-order valence-corrected chi connectivity index (χ2v) is 7.27. The lowest BCUT2D eigenvalue weighted by Gasteiger charge is -2.22. The topological polar surface area (TPSA) is 54.7 Å². The van der Waals surface area contributed by atoms with Gasteiger partial charge in [-0.25, -0.2) is 4.99 Å². The number of hydrogen-bond donors (Lipinski definition) is 1. The number of nitrogens with one attached hydrogen (secondary N) is 1. The van der Waals surface area contributed by atoms with Gasteiger partial charge in [-0.2, -0.15) is 5.10 Å². The number of hydrogen-bond acceptors (Lipinski definition) is 3. The first kappa shape index (κ1) is 19.3. The van der Waals surface area contributed by atoms with Gasteiger partial charge in [-0.1, -0.05) is 18.2 Å². The minimum atomic E-state index is 0.0245. The van der Waals surface area contributed by atoms with Gasteiger partial charge in [0.1, 0.15) is 11.9 Å². The van der Waals surface area contributed by atoms with Crippen LogP contribution in [0.5, 0.6) is 5.75 Å². The van der Waals surface area contributed by atoms with Gasteiger partial charge in [-0.15, -0.1) is 0 Å². The number of rotatable bonds is 6. The quantitative estimate of drug-likeness (QED) is 0.628. The van der Waals surface area contributed by atoms with E-state index in [-0.39, 0.29) is 6.10 Å². The Kier molecular flexibility index (Phi) is 6.37. The van der Waals surface area contributed by atoms with Gasteiger partial charge in [-0.05, 0) is 44.4 Å². The van der Waals surface area contributed by atoms with Gasteiger partial charge in [0.05, 0.1) is 12.7 Å². The van der Waals surface area contributed by atoms with Crippen LogP contribution >= 0.6 is 0 Å². The van der Waals surface area contributed by atoms with Gasteiger partial charge in [0, 0.05) is 38.8 Å². The minimum absolute atomic E-state index is 0.0245. The van der Waals surface area contributed by atoms with Gasteiger partial charge in [0.25, 0.3) is 0 Å². The molecule has 1 N–H and O–H groups in total. The lowest BCUT2D eigenvalue weighted by Crippen LogP contribution is -2.40. The van der Waals surface area contributed by atoms with Crippen molar-refractivity contribution in [1.82, 2.24) is 20.0 Å². The molecule has 2 aromatic rings. The summed E-state index contributed by atoms with van der Waals surface area (Å²) >= 11 is 0. The molecule has 1 saturated heterocycles. The number of guanidine groups is 1. The molecule has 146 valence electrons. The first-order valence-corrected chi connectivity index (χ1v) is 9.81. The zero-order valence-electron chi connectivity index (χ0n) is 16.9. The highest BCUT2D eigenvalue weighted by atomic mass is 16.5. The SMILES string of the molecule is CCNC(=NCC(C)Oc1ccccc1C)N1CCC(c2cnn(C)c2)C1. The van der Waals surface area contributed by atoms with Gasteiger partial charge >= 0.3 is 0 Å². The molecule has 2 unspecified atom stereocenters. The van der Waals surface area contributed by atoms with Crippen molar-refractivity contribution in [2.24, 2.45) is 12.0 Å². The molecular weight excluding hydrogens is 338 g/mol. The van der Waals surface area contributed by atoms with Gasteiger partial charge in [0.2, 0.25) is 0 Å². The van der Waals surface area contributed by atoms with Crippen molar-refractivity contribution in [3.05, 3.63) is 47.8 Å². The molecule has 27 heavy (non-hydrogen) atoms. The summed E-state index contributed by atoms with van der Waals surface area (Å²) in [5.74, 6) is 2.43. The first-order chi connectivity index (χ1) is 13.1. The molecule has 6 nitrogen and oxygen atoms in total. The van der Waals surface area contributed by atoms with E-state index in [0.717, 1.165) is 43.3 Å². The fourth-order valence-corrected chi connectivity index (χ4v) is 3.46. The van der Waals surface area contributed by atoms with E-state index in [2.05, 4.69) is 48.3 Å². The Labute approximate surface area is 162 Å². The van der Waals surface area contributed by atoms with E-state index in [0.29, 0.717) is 12.5 Å². The van der Waals surface area contributed by atoms with Crippen molar-refractivity contribution in [1.29, 1.82) is 0 Å². The Morgan fingerprint density at radius 2 is 2.22 bits per heavy atom. The van der Waals surface area contributed by atoms with Crippen LogP contribution in [-0.4, -0.2) is 52.9 Å². The molecule has 0 spiro atoms. The van der Waals surface area contributed by atoms with Crippen LogP contribution in [0.4, 0.5) is 0 Å². The number of ether oxygens (including phenoxy) is 1. The van der Waals surface area contributed by atoms with E-state index in [4.69, 9.17) is 9.73 Å². The smallest absolute Gasteiger partial charge is 0.194 e. The van der Waals surface area contributed by atoms with Crippen LogP contribution in [0.2, 0.25) is 0 Å². The van der Waals surface area contributed by atoms with E-state index < -0.39 is 0 Å². The molecule has 0 saturated carbocycles. The summed E-state index contributed by atoms with van der Waals surface area (Å²) in [5.41, 5.74) is 2.46. The van der Waals surface area contributed by atoms with Gasteiger partial charge in [-0.3, -0.25) is 4.68 Å². The zero-order chi connectivity index (χ0) is 19.2. The van der Waals surface area contributed by atoms with Crippen molar-refractivity contribution < 1.29 is 4.74 Å². The van der Waals surface area contributed by atoms with Crippen LogP contribution in [-0.2, 0) is 7.05 Å². The Bertz CT molecular complexity index is 769. The van der Waals surface area contributed by atoms with E-state index in [9.17, 15) is 0 Å². The fraction of sp³-hybridized carbons (Fsp3) is 0.524. The van der Waals surface area contributed by atoms with Gasteiger partial charge in [0.15, 0.2) is 5.96 Å². The monoisotopic (exact) mass is 369 g/mol. The molecule has 1 aromatic heterocycles. The number of nitrogens with zero attached hydrogens (tertiary/aromatic N) is 4. The summed E-state index contributed by atoms with van der Waals surface area (Å²) in [6.07, 6.45) is 5.26. The van der Waals surface area contributed by atoms with E-state index in [1.54, 1.807) is 0 Å². The highest BCUT2D eigenvalue weighted by Crippen LogP contribution is 2.26. The molecule has 6 heteroatoms. The van der Waals surface area contributed by atoms with Crippen LogP contribution in [0.15, 0.2) is 41.7 Å². The van der Waals surface area contributed by atoms with Crippen molar-refractivity contribution in [2.75, 3.05) is 26.2 Å². The summed E-state index contributed by atoms with van der Waals surface area (Å²) in [4.78, 5) is 7.19. The molecule has 0 bridgehead atoms. The van der Waals surface area contributed by atoms with Crippen molar-refractivity contribution in [3.63, 3.8) is 0 Å². The largest absolute Gasteiger partial charge is 0.489 e. The maximum atomic E-state index is 6.07. The number of aromatic nitrogens is 2. The molecule has 0 aliphatic carbocycles. The average Bonchev–Trinajstić information content (AvgIpc) is 3.29. The third-order valence-electron chi connectivity index (χ3n) is 4.94. The summed E-state index contributed by atoms with van der Waals surface area (Å²) in [6, 6.07) is 8.11. The first-order valence-electron chi connectivity index (χ1n) is 9.81. The highest BCUT2D eigenvalue weighted by Gasteiger charge is 2.27. The third kappa shape index (κ3) is 5.02. The van der Waals surface area contributed by atoms with E-state index >= 15 is 0 Å². The Hall–Kier alpha value is -2.50. The molecule has 1 aromatic carbocycles. The third-order valence-corrected chi connectivity index (χ3v) is 4.94. The minimum Gasteiger partial charge on any atom is -0.489 e. The molecule has 3 rings (SSSR count). The van der Waals surface area contributed by atoms with Crippen LogP contribution in [0.1, 0.15) is 37.3 Å². The zero-order valence-corrected chi connectivity index (χ0v) is 16.9. The Morgan fingerprint density at radius 1 is 1.41 bits per heavy atom. The number of benzene rings is 1. The normalized spacial score (nSPS) is 18.6. The van der Waals surface area contributed by atoms with E-state index in [1.165, 1.54) is 5.56 Å². The lowest BCUT2D eigenvalue weighted by molar-refractivity contribution is 0.228. The number of aliphatic imine (C=N–C) groups is 1. The summed E-state index contributed by atoms with van der Waals surface area (Å²) in [5, 5.41) is 7.74. The standard InChI is InChI=1S/C21H31N5O/c1-5-22-21(23-12-17(3)27-20-9-7-6-8-16(20)2)26-11-10-18(15-26)19-13-24-25(4)14-19/h6-9,13-14,17-18H,5,10-12,15H2,1-4H3,(H,22,23). The Morgan fingerprint density at radius 3 is 2.93 bits per heavy atom. The van der Waals surface area contributed by atoms with Crippen molar-refractivity contribution in [3.8, 4) is 5.75 Å². The molecule has 0 amide bonds. The molecule has 1 aliphatic rings. The highest BCUT2D eigenvalue weighted by molar-refractivity contribution is 5.80. The lowest BCUT2D eigenvalue weighted by atomic mass is 10.0. The number of likely N-dealkylation sites (tertiary alicyclic amines) is 1. The molecule has 2 heterocycles. The molecule has 1 fully saturated rings. The summed E-state index contributed by atoms with van der Waals surface area (Å²) in [6.45, 7) is 9.73. The molecule has 1 aliphatic heterocycles. The van der Waals surface area contributed by atoms with E-state index in [1.807, 2.05) is 36.1 Å². The van der Waals surface area contributed by atoms with Crippen LogP contribution in [0.25, 0.3) is 0 Å². The maximum absolute atomic E-state index is 6.07. The predicted molar refractivity (Wildman–Crippen MR) is 109 cm³/mol. The predicted octanol–water partition coefficient (Wildman–Crippen LogP) is 2.95. The van der Waals surface area contributed by atoms with Crippen LogP contribution < -0.4 is 10.1 Å². The number of para-hydroxylation sites is 1. The molecular formula is C21H31N5O. The fourth-order valence-electron chi connectivity index (χ4n) is 3.46. The van der Waals surface area contributed by atoms with Gasteiger partial charge < -0.3 is 15.0 Å². The molecule has 0 radical (unpaired) electrons. The maximum Gasteiger partial charge on any atom is 0.194 e. The van der Waals surface area contributed by atoms with Crippen LogP contribution in [0.3, 0.4) is 0 Å². The Balaban J connectivity index is 1.60. The second-order valence-electron chi connectivity index (χ2n) is 7.27. The van der Waals surface area contributed by atoms with Crippen molar-refractivity contribution >= 4 is 5.96 Å². The van der Waals surface area contributed by atoms with Crippen LogP contribution in [0, 0.1) is 6.92 Å². The summed E-state index contributed by atoms with van der Waals surface area (Å²) in [7, 11) is 1.97. The average molecular weight is 370 g/mol. The summed E-state index contributed by atoms with van der Waals surface area (Å²) < 4.78 is 7.94. The van der Waals surface area contributed by atoms with Crippen molar-refractivity contribution in [2.45, 2.75) is 39.2 Å². The second kappa shape index (κ2) is 8.93.